The fourth-order valence-electron chi connectivity index (χ4n) is 11.8. The van der Waals surface area contributed by atoms with E-state index in [1.54, 1.807) is 0 Å². The van der Waals surface area contributed by atoms with E-state index in [2.05, 4.69) is 264 Å². The number of aromatic nitrogens is 1. The second-order valence-electron chi connectivity index (χ2n) is 18.0. The van der Waals surface area contributed by atoms with Crippen LogP contribution in [0.25, 0.3) is 82.8 Å². The van der Waals surface area contributed by atoms with Crippen molar-refractivity contribution >= 4 is 49.6 Å². The van der Waals surface area contributed by atoms with Gasteiger partial charge in [-0.15, -0.1) is 0 Å². The van der Waals surface area contributed by atoms with Gasteiger partial charge >= 0.3 is 0 Å². The number of fused-ring (bicyclic) bond motifs is 13. The highest BCUT2D eigenvalue weighted by molar-refractivity contribution is 6.13. The van der Waals surface area contributed by atoms with E-state index in [1.807, 2.05) is 0 Å². The Bertz CT molecular complexity index is 3880. The Morgan fingerprint density at radius 3 is 1.70 bits per heavy atom. The van der Waals surface area contributed by atoms with Crippen molar-refractivity contribution in [3.05, 3.63) is 277 Å². The molecule has 0 N–H and O–H groups in total. The molecular formula is C65H42N2. The van der Waals surface area contributed by atoms with E-state index in [0.29, 0.717) is 0 Å². The van der Waals surface area contributed by atoms with Gasteiger partial charge in [0.2, 0.25) is 0 Å². The monoisotopic (exact) mass is 850 g/mol. The molecule has 0 saturated heterocycles. The fourth-order valence-corrected chi connectivity index (χ4v) is 11.8. The van der Waals surface area contributed by atoms with Gasteiger partial charge in [-0.05, 0) is 121 Å². The smallest absolute Gasteiger partial charge is 0.0755 e. The molecule has 0 unspecified atom stereocenters. The molecule has 0 radical (unpaired) electrons. The maximum Gasteiger partial charge on any atom is 0.0755 e. The molecule has 0 amide bonds. The summed E-state index contributed by atoms with van der Waals surface area (Å²) in [5.41, 5.74) is 21.4. The molecule has 2 nitrogen and oxygen atoms in total. The van der Waals surface area contributed by atoms with E-state index in [9.17, 15) is 0 Å². The normalized spacial score (nSPS) is 12.9. The lowest BCUT2D eigenvalue weighted by atomic mass is 9.65. The average molecular weight is 851 g/mol. The van der Waals surface area contributed by atoms with Crippen LogP contribution in [-0.2, 0) is 5.41 Å². The molecule has 14 rings (SSSR count). The third kappa shape index (κ3) is 5.45. The number of rotatable bonds is 6. The third-order valence-electron chi connectivity index (χ3n) is 14.6. The fraction of sp³-hybridized carbons (Fsp3) is 0.0154. The molecule has 1 aromatic heterocycles. The van der Waals surface area contributed by atoms with Crippen LogP contribution in [0.3, 0.4) is 0 Å². The van der Waals surface area contributed by atoms with Crippen LogP contribution in [0.1, 0.15) is 22.3 Å². The van der Waals surface area contributed by atoms with Crippen molar-refractivity contribution in [1.29, 1.82) is 0 Å². The number of hydrogen-bond donors (Lipinski definition) is 0. The molecule has 67 heavy (non-hydrogen) atoms. The number of hydrogen-bond acceptors (Lipinski definition) is 1. The van der Waals surface area contributed by atoms with Gasteiger partial charge in [-0.2, -0.15) is 0 Å². The van der Waals surface area contributed by atoms with Gasteiger partial charge in [-0.25, -0.2) is 0 Å². The van der Waals surface area contributed by atoms with Gasteiger partial charge < -0.3 is 9.47 Å². The summed E-state index contributed by atoms with van der Waals surface area (Å²) in [6, 6.07) is 94.5. The molecule has 0 fully saturated rings. The highest BCUT2D eigenvalue weighted by atomic mass is 15.1. The largest absolute Gasteiger partial charge is 0.310 e. The number of anilines is 3. The maximum absolute atomic E-state index is 2.54. The van der Waals surface area contributed by atoms with Crippen LogP contribution in [0.5, 0.6) is 0 Å². The van der Waals surface area contributed by atoms with E-state index in [0.717, 1.165) is 28.2 Å². The molecule has 1 aliphatic heterocycles. The lowest BCUT2D eigenvalue weighted by Gasteiger charge is -2.40. The van der Waals surface area contributed by atoms with E-state index in [-0.39, 0.29) is 0 Å². The molecule has 12 aromatic rings. The molecular weight excluding hydrogens is 809 g/mol. The number of nitrogens with zero attached hydrogens (tertiary/aromatic N) is 2. The minimum atomic E-state index is -0.574. The zero-order valence-electron chi connectivity index (χ0n) is 36.6. The quantitative estimate of drug-likeness (QED) is 0.162. The summed E-state index contributed by atoms with van der Waals surface area (Å²) in [6.07, 6.45) is 0. The molecule has 2 heterocycles. The molecule has 0 atom stereocenters. The average Bonchev–Trinajstić information content (AvgIpc) is 3.90. The molecule has 0 bridgehead atoms. The van der Waals surface area contributed by atoms with Gasteiger partial charge in [0.1, 0.15) is 0 Å². The summed E-state index contributed by atoms with van der Waals surface area (Å²) in [5.74, 6) is 0. The van der Waals surface area contributed by atoms with Crippen LogP contribution < -0.4 is 4.90 Å². The van der Waals surface area contributed by atoms with Gasteiger partial charge in [0.25, 0.3) is 0 Å². The third-order valence-corrected chi connectivity index (χ3v) is 14.6. The van der Waals surface area contributed by atoms with E-state index >= 15 is 0 Å². The molecule has 2 heteroatoms. The summed E-state index contributed by atoms with van der Waals surface area (Å²) < 4.78 is 2.54. The standard InChI is InChI=1S/C65H42N2/c1-2-17-43(18-3-1)46-21-14-22-47(41-46)52-24-8-12-33-61(52)66(48-37-35-45(36-38-48)51-28-15-20-44-19-4-5-23-50(44)51)49-39-40-63-60(42-49)65(57-30-10-6-25-53(57)54-26-7-11-31-58(54)65)59-32-16-29-56-55-27-9-13-34-62(55)67(63)64(56)59/h1-42H. The Hall–Kier alpha value is -8.72. The van der Waals surface area contributed by atoms with E-state index < -0.39 is 5.41 Å². The summed E-state index contributed by atoms with van der Waals surface area (Å²) in [4.78, 5) is 2.49. The van der Waals surface area contributed by atoms with Crippen molar-refractivity contribution in [1.82, 2.24) is 4.57 Å². The summed E-state index contributed by atoms with van der Waals surface area (Å²) in [7, 11) is 0. The SMILES string of the molecule is c1ccc(-c2cccc(-c3ccccc3N(c3ccc(-c4cccc5ccccc45)cc3)c3ccc4c(c3)C3(c5ccccc5-c5ccccc53)c3cccc5c6ccccc6n-4c35)c2)cc1. The Morgan fingerprint density at radius 1 is 0.313 bits per heavy atom. The van der Waals surface area contributed by atoms with Gasteiger partial charge in [0.05, 0.1) is 27.8 Å². The Labute approximate surface area is 389 Å². The highest BCUT2D eigenvalue weighted by Gasteiger charge is 2.51. The van der Waals surface area contributed by atoms with Crippen molar-refractivity contribution in [3.8, 4) is 50.2 Å². The number of para-hydroxylation sites is 3. The second-order valence-corrected chi connectivity index (χ2v) is 18.0. The lowest BCUT2D eigenvalue weighted by Crippen LogP contribution is -2.33. The minimum Gasteiger partial charge on any atom is -0.310 e. The zero-order chi connectivity index (χ0) is 44.1. The topological polar surface area (TPSA) is 8.17 Å². The molecule has 1 aliphatic carbocycles. The van der Waals surface area contributed by atoms with Gasteiger partial charge in [-0.1, -0.05) is 206 Å². The van der Waals surface area contributed by atoms with Crippen molar-refractivity contribution in [2.75, 3.05) is 4.90 Å². The predicted molar refractivity (Wildman–Crippen MR) is 280 cm³/mol. The van der Waals surface area contributed by atoms with Crippen LogP contribution in [0.4, 0.5) is 17.1 Å². The van der Waals surface area contributed by atoms with Gasteiger partial charge in [-0.3, -0.25) is 0 Å². The first kappa shape index (κ1) is 37.6. The van der Waals surface area contributed by atoms with Gasteiger partial charge in [0.15, 0.2) is 0 Å². The van der Waals surface area contributed by atoms with Crippen LogP contribution in [-0.4, -0.2) is 4.57 Å². The highest BCUT2D eigenvalue weighted by Crippen LogP contribution is 2.61. The van der Waals surface area contributed by atoms with Crippen LogP contribution in [0, 0.1) is 0 Å². The summed E-state index contributed by atoms with van der Waals surface area (Å²) in [5, 5.41) is 5.04. The minimum absolute atomic E-state index is 0.574. The Balaban J connectivity index is 1.05. The maximum atomic E-state index is 2.54. The van der Waals surface area contributed by atoms with Crippen molar-refractivity contribution in [3.63, 3.8) is 0 Å². The summed E-state index contributed by atoms with van der Waals surface area (Å²) in [6.45, 7) is 0. The van der Waals surface area contributed by atoms with Gasteiger partial charge in [0, 0.05) is 27.7 Å². The van der Waals surface area contributed by atoms with Crippen LogP contribution in [0.15, 0.2) is 255 Å². The lowest BCUT2D eigenvalue weighted by molar-refractivity contribution is 0.748. The molecule has 11 aromatic carbocycles. The van der Waals surface area contributed by atoms with Crippen LogP contribution in [0.2, 0.25) is 0 Å². The van der Waals surface area contributed by atoms with E-state index in [4.69, 9.17) is 0 Å². The Morgan fingerprint density at radius 2 is 0.881 bits per heavy atom. The molecule has 0 saturated carbocycles. The molecule has 312 valence electrons. The van der Waals surface area contributed by atoms with Crippen LogP contribution >= 0.6 is 0 Å². The van der Waals surface area contributed by atoms with E-state index in [1.165, 1.54) is 93.9 Å². The predicted octanol–water partition coefficient (Wildman–Crippen LogP) is 17.1. The Kier molecular flexibility index (Phi) is 8.23. The first-order valence-corrected chi connectivity index (χ1v) is 23.3. The van der Waals surface area contributed by atoms with Crippen molar-refractivity contribution < 1.29 is 0 Å². The first-order valence-electron chi connectivity index (χ1n) is 23.3. The number of benzene rings is 11. The molecule has 1 spiro atoms. The zero-order valence-corrected chi connectivity index (χ0v) is 36.6. The summed E-state index contributed by atoms with van der Waals surface area (Å²) >= 11 is 0. The van der Waals surface area contributed by atoms with Crippen molar-refractivity contribution in [2.45, 2.75) is 5.41 Å². The second kappa shape index (κ2) is 14.7. The first-order chi connectivity index (χ1) is 33.3. The molecule has 2 aliphatic rings. The van der Waals surface area contributed by atoms with Crippen molar-refractivity contribution in [2.24, 2.45) is 0 Å².